The Morgan fingerprint density at radius 1 is 1.00 bits per heavy atom. The van der Waals surface area contributed by atoms with Gasteiger partial charge in [0.2, 0.25) is 0 Å². The number of piperidine rings is 1. The zero-order chi connectivity index (χ0) is 33.3. The van der Waals surface area contributed by atoms with Gasteiger partial charge in [-0.05, 0) is 86.8 Å². The van der Waals surface area contributed by atoms with Crippen molar-refractivity contribution in [3.05, 3.63) is 66.2 Å². The molecule has 8 rings (SSSR count). The van der Waals surface area contributed by atoms with E-state index in [4.69, 9.17) is 18.8 Å². The van der Waals surface area contributed by atoms with Crippen LogP contribution in [-0.2, 0) is 27.2 Å². The second-order valence-electron chi connectivity index (χ2n) is 13.6. The smallest absolute Gasteiger partial charge is 0.361 e. The molecule has 250 valence electrons. The number of amides is 1. The van der Waals surface area contributed by atoms with Gasteiger partial charge in [-0.3, -0.25) is 9.36 Å². The molecule has 10 heteroatoms. The van der Waals surface area contributed by atoms with Crippen molar-refractivity contribution < 1.29 is 23.1 Å². The fraction of sp³-hybridized carbons (Fsp3) is 0.421. The van der Waals surface area contributed by atoms with Crippen LogP contribution in [0.1, 0.15) is 50.4 Å². The van der Waals surface area contributed by atoms with Crippen LogP contribution < -0.4 is 10.0 Å². The molecule has 3 atom stereocenters. The van der Waals surface area contributed by atoms with E-state index in [2.05, 4.69) is 40.3 Å². The first kappa shape index (κ1) is 31.4. The Balaban J connectivity index is 1.23. The minimum Gasteiger partial charge on any atom is -0.494 e. The summed E-state index contributed by atoms with van der Waals surface area (Å²) in [4.78, 5) is 21.0. The highest BCUT2D eigenvalue weighted by Gasteiger charge is 2.53. The van der Waals surface area contributed by atoms with Crippen LogP contribution in [0.15, 0.2) is 60.7 Å². The summed E-state index contributed by atoms with van der Waals surface area (Å²) in [5.41, 5.74) is 6.54. The predicted molar refractivity (Wildman–Crippen MR) is 189 cm³/mol. The Morgan fingerprint density at radius 2 is 1.75 bits per heavy atom. The summed E-state index contributed by atoms with van der Waals surface area (Å²) in [6, 6.07) is 20.5. The fourth-order valence-corrected chi connectivity index (χ4v) is 9.38. The maximum absolute atomic E-state index is 13.7. The van der Waals surface area contributed by atoms with Crippen LogP contribution in [0.5, 0.6) is 5.75 Å². The topological polar surface area (TPSA) is 87.8 Å². The second kappa shape index (κ2) is 11.9. The highest BCUT2D eigenvalue weighted by Crippen LogP contribution is 2.49. The van der Waals surface area contributed by atoms with Crippen molar-refractivity contribution in [1.29, 1.82) is 0 Å². The number of carbonyl (C=O) groups is 1. The molecule has 1 aliphatic heterocycles. The highest BCUT2D eigenvalue weighted by atomic mass is 31.2. The first-order valence-electron chi connectivity index (χ1n) is 17.2. The van der Waals surface area contributed by atoms with Gasteiger partial charge in [-0.1, -0.05) is 37.3 Å². The lowest BCUT2D eigenvalue weighted by atomic mass is 10.0. The molecule has 0 radical (unpaired) electrons. The van der Waals surface area contributed by atoms with Crippen LogP contribution in [0.25, 0.3) is 44.6 Å². The Morgan fingerprint density at radius 3 is 2.38 bits per heavy atom. The van der Waals surface area contributed by atoms with Crippen molar-refractivity contribution in [3.63, 3.8) is 0 Å². The number of fused-ring (bicyclic) bond motifs is 3. The normalized spacial score (nSPS) is 20.5. The maximum atomic E-state index is 13.7. The van der Waals surface area contributed by atoms with Gasteiger partial charge in [-0.15, -0.1) is 0 Å². The van der Waals surface area contributed by atoms with Gasteiger partial charge >= 0.3 is 7.60 Å². The Bertz CT molecular complexity index is 2090. The molecular formula is C38H43N4O5P. The molecule has 9 nitrogen and oxygen atoms in total. The monoisotopic (exact) mass is 666 g/mol. The molecule has 0 bridgehead atoms. The third-order valence-corrected chi connectivity index (χ3v) is 12.6. The number of nitrogens with zero attached hydrogens (tertiary/aromatic N) is 4. The van der Waals surface area contributed by atoms with Gasteiger partial charge in [0.1, 0.15) is 11.3 Å². The molecule has 5 aromatic rings. The van der Waals surface area contributed by atoms with Gasteiger partial charge in [0.05, 0.1) is 42.4 Å². The number of aromatic nitrogens is 3. The van der Waals surface area contributed by atoms with Crippen molar-refractivity contribution >= 4 is 40.7 Å². The molecule has 2 aromatic heterocycles. The number of rotatable bonds is 11. The number of benzene rings is 3. The Hall–Kier alpha value is -3.91. The van der Waals surface area contributed by atoms with E-state index in [9.17, 15) is 9.36 Å². The highest BCUT2D eigenvalue weighted by molar-refractivity contribution is 7.62. The quantitative estimate of drug-likeness (QED) is 0.135. The number of aryl methyl sites for hydroxylation is 1. The number of hydrogen-bond acceptors (Lipinski definition) is 6. The van der Waals surface area contributed by atoms with Crippen molar-refractivity contribution in [2.75, 3.05) is 26.9 Å². The fourth-order valence-electron chi connectivity index (χ4n) is 7.81. The van der Waals surface area contributed by atoms with Crippen LogP contribution >= 0.6 is 7.60 Å². The number of likely N-dealkylation sites (tertiary alicyclic amines) is 1. The minimum absolute atomic E-state index is 0.0663. The lowest BCUT2D eigenvalue weighted by Gasteiger charge is -2.20. The third-order valence-electron chi connectivity index (χ3n) is 10.5. The molecule has 1 unspecified atom stereocenters. The standard InChI is InChI=1S/C38H43N4O5P/c1-6-46-48(44,47-7-2)28-15-13-25(14-16-28)29-10-8-9-26-18-33(41(35(26)29)22-24-11-12-24)37-39-31-17-27(19-34(45-5)36(31)40(37)4)38(43)42-21-23(3)30-20-32(30)42/h8-10,13-19,23-24,30,32H,6-7,11-12,20-22H2,1-5H3/t23-,30?,32+/m0/s1. The molecule has 48 heavy (non-hydrogen) atoms. The third kappa shape index (κ3) is 5.18. The van der Waals surface area contributed by atoms with Crippen molar-refractivity contribution in [2.45, 2.75) is 52.6 Å². The summed E-state index contributed by atoms with van der Waals surface area (Å²) in [6.45, 7) is 8.20. The summed E-state index contributed by atoms with van der Waals surface area (Å²) in [5, 5.41) is 1.68. The van der Waals surface area contributed by atoms with E-state index in [1.54, 1.807) is 7.11 Å². The van der Waals surface area contributed by atoms with Crippen LogP contribution in [0.4, 0.5) is 0 Å². The van der Waals surface area contributed by atoms with Gasteiger partial charge in [0, 0.05) is 42.7 Å². The number of para-hydroxylation sites is 1. The van der Waals surface area contributed by atoms with Gasteiger partial charge in [-0.25, -0.2) is 4.98 Å². The molecule has 3 fully saturated rings. The Kier molecular flexibility index (Phi) is 7.78. The number of ether oxygens (including phenoxy) is 1. The molecule has 0 N–H and O–H groups in total. The summed E-state index contributed by atoms with van der Waals surface area (Å²) >= 11 is 0. The lowest BCUT2D eigenvalue weighted by molar-refractivity contribution is 0.0760. The van der Waals surface area contributed by atoms with Crippen LogP contribution in [-0.4, -0.2) is 57.8 Å². The van der Waals surface area contributed by atoms with Crippen LogP contribution in [0.3, 0.4) is 0 Å². The van der Waals surface area contributed by atoms with E-state index >= 15 is 0 Å². The van der Waals surface area contributed by atoms with Crippen molar-refractivity contribution in [1.82, 2.24) is 19.0 Å². The maximum Gasteiger partial charge on any atom is 0.361 e. The first-order chi connectivity index (χ1) is 23.2. The van der Waals surface area contributed by atoms with E-state index in [0.717, 1.165) is 64.1 Å². The SMILES string of the molecule is CCOP(=O)(OCC)c1ccc(-c2cccc3cc(-c4nc5cc(C(=O)N6C[C@H](C)C7C[C@H]76)cc(OC)c5n4C)n(CC4CC4)c23)cc1. The molecule has 3 aliphatic rings. The Labute approximate surface area is 281 Å². The molecule has 3 heterocycles. The summed E-state index contributed by atoms with van der Waals surface area (Å²) in [7, 11) is 0.303. The first-order valence-corrected chi connectivity index (χ1v) is 18.8. The van der Waals surface area contributed by atoms with Gasteiger partial charge in [0.25, 0.3) is 5.91 Å². The van der Waals surface area contributed by atoms with E-state index in [-0.39, 0.29) is 5.91 Å². The molecule has 1 amide bonds. The largest absolute Gasteiger partial charge is 0.494 e. The molecule has 0 spiro atoms. The molecule has 3 aromatic carbocycles. The molecular weight excluding hydrogens is 623 g/mol. The van der Waals surface area contributed by atoms with Gasteiger partial charge in [-0.2, -0.15) is 0 Å². The number of hydrogen-bond donors (Lipinski definition) is 0. The number of carbonyl (C=O) groups excluding carboxylic acids is 1. The van der Waals surface area contributed by atoms with E-state index < -0.39 is 7.60 Å². The molecule has 2 aliphatic carbocycles. The number of imidazole rings is 1. The summed E-state index contributed by atoms with van der Waals surface area (Å²) < 4.78 is 35.0. The van der Waals surface area contributed by atoms with Crippen LogP contribution in [0.2, 0.25) is 0 Å². The van der Waals surface area contributed by atoms with E-state index in [1.165, 1.54) is 12.8 Å². The molecule has 2 saturated carbocycles. The van der Waals surface area contributed by atoms with E-state index in [1.807, 2.05) is 62.2 Å². The minimum atomic E-state index is -3.38. The average Bonchev–Trinajstić information content (AvgIpc) is 3.99. The van der Waals surface area contributed by atoms with Gasteiger partial charge < -0.3 is 27.8 Å². The zero-order valence-electron chi connectivity index (χ0n) is 28.3. The summed E-state index contributed by atoms with van der Waals surface area (Å²) in [5.74, 6) is 3.35. The second-order valence-corrected chi connectivity index (χ2v) is 15.7. The number of methoxy groups -OCH3 is 1. The van der Waals surface area contributed by atoms with Gasteiger partial charge in [0.15, 0.2) is 5.82 Å². The predicted octanol–water partition coefficient (Wildman–Crippen LogP) is 7.65. The summed E-state index contributed by atoms with van der Waals surface area (Å²) in [6.07, 6.45) is 3.52. The zero-order valence-corrected chi connectivity index (χ0v) is 29.2. The lowest BCUT2D eigenvalue weighted by Crippen LogP contribution is -2.32. The molecule has 1 saturated heterocycles. The average molecular weight is 667 g/mol. The van der Waals surface area contributed by atoms with Crippen molar-refractivity contribution in [3.8, 4) is 28.4 Å². The van der Waals surface area contributed by atoms with Crippen LogP contribution in [0, 0.1) is 17.8 Å². The van der Waals surface area contributed by atoms with E-state index in [0.29, 0.717) is 53.6 Å². The van der Waals surface area contributed by atoms with Crippen molar-refractivity contribution in [2.24, 2.45) is 24.8 Å².